The van der Waals surface area contributed by atoms with Crippen molar-refractivity contribution in [1.82, 2.24) is 4.98 Å². The van der Waals surface area contributed by atoms with E-state index in [1.165, 1.54) is 19.2 Å². The third-order valence-corrected chi connectivity index (χ3v) is 5.15. The van der Waals surface area contributed by atoms with E-state index in [1.54, 1.807) is 0 Å². The summed E-state index contributed by atoms with van der Waals surface area (Å²) < 4.78 is 18.3. The summed E-state index contributed by atoms with van der Waals surface area (Å²) in [6, 6.07) is 14.5. The van der Waals surface area contributed by atoms with Crippen molar-refractivity contribution in [2.45, 2.75) is 33.4 Å². The Bertz CT molecular complexity index is 984. The number of hydrogen-bond donors (Lipinski definition) is 1. The Labute approximate surface area is 164 Å². The van der Waals surface area contributed by atoms with Crippen LogP contribution in [0.3, 0.4) is 0 Å². The van der Waals surface area contributed by atoms with Crippen molar-refractivity contribution < 1.29 is 19.2 Å². The maximum Gasteiger partial charge on any atom is 0.340 e. The van der Waals surface area contributed by atoms with E-state index in [1.807, 2.05) is 43.3 Å². The molecule has 146 valence electrons. The zero-order valence-electron chi connectivity index (χ0n) is 16.7. The average molecular weight is 381 g/mol. The summed E-state index contributed by atoms with van der Waals surface area (Å²) in [4.78, 5) is 17.2. The smallest absolute Gasteiger partial charge is 0.340 e. The van der Waals surface area contributed by atoms with Crippen LogP contribution in [0.1, 0.15) is 47.1 Å². The van der Waals surface area contributed by atoms with Gasteiger partial charge in [-0.1, -0.05) is 44.2 Å². The summed E-state index contributed by atoms with van der Waals surface area (Å²) in [5.74, 6) is -0.290. The first-order valence-electron chi connectivity index (χ1n) is 9.47. The minimum atomic E-state index is -0.373. The van der Waals surface area contributed by atoms with Crippen LogP contribution in [0.4, 0.5) is 4.39 Å². The van der Waals surface area contributed by atoms with Gasteiger partial charge in [-0.15, -0.1) is 0 Å². The molecule has 2 aromatic carbocycles. The number of halogens is 1. The number of quaternary nitrogens is 1. The molecule has 0 aliphatic rings. The molecule has 0 aliphatic heterocycles. The van der Waals surface area contributed by atoms with Crippen molar-refractivity contribution in [2.75, 3.05) is 7.11 Å². The number of carbonyl (C=O) groups excluding carboxylic acids is 1. The van der Waals surface area contributed by atoms with Gasteiger partial charge in [0.05, 0.1) is 18.2 Å². The lowest BCUT2D eigenvalue weighted by Crippen LogP contribution is -2.85. The van der Waals surface area contributed by atoms with Crippen molar-refractivity contribution >= 4 is 16.9 Å². The van der Waals surface area contributed by atoms with Crippen molar-refractivity contribution in [2.24, 2.45) is 5.92 Å². The molecule has 0 bridgehead atoms. The van der Waals surface area contributed by atoms with Crippen LogP contribution < -0.4 is 5.32 Å². The number of aryl methyl sites for hydroxylation is 1. The standard InChI is InChI=1S/C23H25FN2O2/c1-14(2)22(16-9-11-17(24)12-10-16)25-13-20-21(23(27)28-4)15(3)18-7-5-6-8-19(18)26-20/h5-12,14,22,25H,13H2,1-4H3/p+1/t22-/m0/s1. The number of rotatable bonds is 6. The second-order valence-corrected chi connectivity index (χ2v) is 7.33. The highest BCUT2D eigenvalue weighted by atomic mass is 19.1. The van der Waals surface area contributed by atoms with Crippen LogP contribution in [0.2, 0.25) is 0 Å². The van der Waals surface area contributed by atoms with Crippen LogP contribution in [-0.2, 0) is 11.3 Å². The second-order valence-electron chi connectivity index (χ2n) is 7.33. The van der Waals surface area contributed by atoms with Gasteiger partial charge in [0.1, 0.15) is 24.1 Å². The van der Waals surface area contributed by atoms with Crippen molar-refractivity contribution in [1.29, 1.82) is 0 Å². The summed E-state index contributed by atoms with van der Waals surface area (Å²) in [5.41, 5.74) is 4.02. The van der Waals surface area contributed by atoms with Crippen LogP contribution >= 0.6 is 0 Å². The molecule has 5 heteroatoms. The first kappa shape index (κ1) is 20.0. The van der Waals surface area contributed by atoms with Gasteiger partial charge >= 0.3 is 5.97 Å². The highest BCUT2D eigenvalue weighted by Gasteiger charge is 2.24. The molecule has 28 heavy (non-hydrogen) atoms. The molecular formula is C23H26FN2O2+. The van der Waals surface area contributed by atoms with E-state index in [-0.39, 0.29) is 17.8 Å². The van der Waals surface area contributed by atoms with Crippen molar-refractivity contribution in [3.63, 3.8) is 0 Å². The predicted octanol–water partition coefficient (Wildman–Crippen LogP) is 3.93. The third kappa shape index (κ3) is 4.04. The van der Waals surface area contributed by atoms with Crippen LogP contribution in [0, 0.1) is 18.7 Å². The average Bonchev–Trinajstić information content (AvgIpc) is 2.69. The Kier molecular flexibility index (Phi) is 6.05. The summed E-state index contributed by atoms with van der Waals surface area (Å²) >= 11 is 0. The zero-order valence-corrected chi connectivity index (χ0v) is 16.7. The van der Waals surface area contributed by atoms with Gasteiger partial charge in [-0.3, -0.25) is 0 Å². The van der Waals surface area contributed by atoms with Crippen LogP contribution in [0.5, 0.6) is 0 Å². The molecule has 4 nitrogen and oxygen atoms in total. The van der Waals surface area contributed by atoms with Crippen LogP contribution in [-0.4, -0.2) is 18.1 Å². The van der Waals surface area contributed by atoms with E-state index < -0.39 is 0 Å². The molecule has 3 rings (SSSR count). The molecule has 1 heterocycles. The lowest BCUT2D eigenvalue weighted by molar-refractivity contribution is -0.717. The number of nitrogens with zero attached hydrogens (tertiary/aromatic N) is 1. The van der Waals surface area contributed by atoms with E-state index in [4.69, 9.17) is 9.72 Å². The molecule has 0 unspecified atom stereocenters. The van der Waals surface area contributed by atoms with Gasteiger partial charge in [0, 0.05) is 16.9 Å². The van der Waals surface area contributed by atoms with Gasteiger partial charge in [-0.2, -0.15) is 0 Å². The molecule has 2 N–H and O–H groups in total. The minimum Gasteiger partial charge on any atom is -0.465 e. The molecule has 0 amide bonds. The second kappa shape index (κ2) is 8.48. The molecular weight excluding hydrogens is 355 g/mol. The van der Waals surface area contributed by atoms with Crippen molar-refractivity contribution in [3.05, 3.63) is 76.7 Å². The lowest BCUT2D eigenvalue weighted by Gasteiger charge is -2.20. The monoisotopic (exact) mass is 381 g/mol. The molecule has 0 saturated heterocycles. The number of para-hydroxylation sites is 1. The Morgan fingerprint density at radius 3 is 2.46 bits per heavy atom. The fourth-order valence-corrected chi connectivity index (χ4v) is 3.68. The molecule has 0 spiro atoms. The van der Waals surface area contributed by atoms with E-state index in [9.17, 15) is 9.18 Å². The number of hydrogen-bond acceptors (Lipinski definition) is 3. The van der Waals surface area contributed by atoms with Crippen molar-refractivity contribution in [3.8, 4) is 0 Å². The Balaban J connectivity index is 1.98. The lowest BCUT2D eigenvalue weighted by atomic mass is 9.95. The largest absolute Gasteiger partial charge is 0.465 e. The number of pyridine rings is 1. The quantitative estimate of drug-likeness (QED) is 0.658. The van der Waals surface area contributed by atoms with Gasteiger partial charge in [0.15, 0.2) is 0 Å². The highest BCUT2D eigenvalue weighted by molar-refractivity contribution is 5.98. The highest BCUT2D eigenvalue weighted by Crippen LogP contribution is 2.24. The minimum absolute atomic E-state index is 0.125. The Morgan fingerprint density at radius 1 is 1.14 bits per heavy atom. The maximum absolute atomic E-state index is 13.3. The fourth-order valence-electron chi connectivity index (χ4n) is 3.68. The Hall–Kier alpha value is -2.79. The number of esters is 1. The number of carbonyl (C=O) groups is 1. The zero-order chi connectivity index (χ0) is 20.3. The summed E-state index contributed by atoms with van der Waals surface area (Å²) in [6.07, 6.45) is 0. The first-order chi connectivity index (χ1) is 13.4. The maximum atomic E-state index is 13.3. The Morgan fingerprint density at radius 2 is 1.82 bits per heavy atom. The fraction of sp³-hybridized carbons (Fsp3) is 0.304. The molecule has 0 aliphatic carbocycles. The van der Waals surface area contributed by atoms with Gasteiger partial charge in [-0.05, 0) is 30.7 Å². The summed E-state index contributed by atoms with van der Waals surface area (Å²) in [6.45, 7) is 6.71. The van der Waals surface area contributed by atoms with Crippen LogP contribution in [0.15, 0.2) is 48.5 Å². The first-order valence-corrected chi connectivity index (χ1v) is 9.47. The van der Waals surface area contributed by atoms with E-state index >= 15 is 0 Å². The number of ether oxygens (including phenoxy) is 1. The van der Waals surface area contributed by atoms with Gasteiger partial charge < -0.3 is 10.1 Å². The van der Waals surface area contributed by atoms with Gasteiger partial charge in [0.2, 0.25) is 0 Å². The van der Waals surface area contributed by atoms with Gasteiger partial charge in [-0.25, -0.2) is 14.2 Å². The molecule has 0 saturated carbocycles. The number of fused-ring (bicyclic) bond motifs is 1. The SMILES string of the molecule is COC(=O)c1c(C[NH2+][C@H](c2ccc(F)cc2)C(C)C)nc2ccccc2c1C. The van der Waals surface area contributed by atoms with E-state index in [0.717, 1.165) is 22.0 Å². The number of benzene rings is 2. The predicted molar refractivity (Wildman–Crippen MR) is 107 cm³/mol. The molecule has 3 aromatic rings. The number of methoxy groups -OCH3 is 1. The van der Waals surface area contributed by atoms with E-state index in [2.05, 4.69) is 19.2 Å². The topological polar surface area (TPSA) is 55.8 Å². The third-order valence-electron chi connectivity index (χ3n) is 5.15. The number of aromatic nitrogens is 1. The normalized spacial score (nSPS) is 12.4. The number of nitrogens with two attached hydrogens (primary N) is 1. The molecule has 1 aromatic heterocycles. The molecule has 1 atom stereocenters. The molecule has 0 fully saturated rings. The van der Waals surface area contributed by atoms with E-state index in [0.29, 0.717) is 23.7 Å². The summed E-state index contributed by atoms with van der Waals surface area (Å²) in [7, 11) is 1.39. The van der Waals surface area contributed by atoms with Crippen LogP contribution in [0.25, 0.3) is 10.9 Å². The molecule has 0 radical (unpaired) electrons. The van der Waals surface area contributed by atoms with Gasteiger partial charge in [0.25, 0.3) is 0 Å². The summed E-state index contributed by atoms with van der Waals surface area (Å²) in [5, 5.41) is 3.10.